The number of nitrogens with two attached hydrogens (primary N) is 1. The molecule has 3 aromatic rings. The number of para-hydroxylation sites is 1. The number of halogens is 3. The number of aliphatic hydroxyl groups excluding tert-OH is 1. The van der Waals surface area contributed by atoms with Gasteiger partial charge in [-0.15, -0.1) is 0 Å². The van der Waals surface area contributed by atoms with Crippen molar-refractivity contribution in [3.8, 4) is 5.75 Å². The molecule has 0 saturated carbocycles. The highest BCUT2D eigenvalue weighted by molar-refractivity contribution is 7.52. The molecule has 1 saturated heterocycles. The van der Waals surface area contributed by atoms with Gasteiger partial charge < -0.3 is 30.2 Å². The number of hydrogen-bond acceptors (Lipinski definition) is 12. The van der Waals surface area contributed by atoms with Crippen LogP contribution in [0.5, 0.6) is 5.75 Å². The topological polar surface area (TPSA) is 185 Å². The van der Waals surface area contributed by atoms with E-state index in [1.807, 2.05) is 0 Å². The lowest BCUT2D eigenvalue weighted by Crippen LogP contribution is -2.39. The van der Waals surface area contributed by atoms with Crippen LogP contribution in [0.2, 0.25) is 0 Å². The van der Waals surface area contributed by atoms with E-state index in [0.29, 0.717) is 0 Å². The largest absolute Gasteiger partial charge is 0.465 e. The zero-order valence-electron chi connectivity index (χ0n) is 22.1. The Morgan fingerprint density at radius 2 is 2.00 bits per heavy atom. The number of imidazole rings is 1. The summed E-state index contributed by atoms with van der Waals surface area (Å²) in [5, 5.41) is 15.9. The van der Waals surface area contributed by atoms with Gasteiger partial charge in [-0.3, -0.25) is 13.9 Å². The number of nitrogens with one attached hydrogen (secondary N) is 2. The molecule has 0 amide bonds. The highest BCUT2D eigenvalue weighted by Crippen LogP contribution is 2.49. The molecule has 0 radical (unpaired) electrons. The molecule has 41 heavy (non-hydrogen) atoms. The minimum absolute atomic E-state index is 0.0488. The number of ether oxygens (including phenoxy) is 2. The maximum Gasteiger partial charge on any atom is 0.459 e. The minimum Gasteiger partial charge on any atom is -0.465 e. The van der Waals surface area contributed by atoms with Crippen molar-refractivity contribution in [2.24, 2.45) is 5.92 Å². The predicted octanol–water partition coefficient (Wildman–Crippen LogP) is 2.63. The van der Waals surface area contributed by atoms with E-state index in [4.69, 9.17) is 24.3 Å². The molecule has 0 unspecified atom stereocenters. The lowest BCUT2D eigenvalue weighted by atomic mass is 9.99. The van der Waals surface area contributed by atoms with E-state index in [-0.39, 0.29) is 35.3 Å². The van der Waals surface area contributed by atoms with E-state index in [9.17, 15) is 27.6 Å². The van der Waals surface area contributed by atoms with E-state index in [1.54, 1.807) is 25.1 Å². The van der Waals surface area contributed by atoms with Crippen molar-refractivity contribution in [3.63, 3.8) is 0 Å². The minimum atomic E-state index is -4.94. The average molecular weight is 603 g/mol. The van der Waals surface area contributed by atoms with Crippen molar-refractivity contribution < 1.29 is 46.2 Å². The fraction of sp³-hybridized carbons (Fsp3) is 0.478. The quantitative estimate of drug-likeness (QED) is 0.185. The number of esters is 1. The summed E-state index contributed by atoms with van der Waals surface area (Å²) in [4.78, 5) is 24.2. The molecule has 1 aliphatic heterocycles. The van der Waals surface area contributed by atoms with Gasteiger partial charge in [-0.25, -0.2) is 9.55 Å². The summed E-state index contributed by atoms with van der Waals surface area (Å²) in [6, 6.07) is 6.58. The van der Waals surface area contributed by atoms with Crippen LogP contribution >= 0.6 is 7.75 Å². The van der Waals surface area contributed by atoms with Crippen molar-refractivity contribution in [1.82, 2.24) is 24.6 Å². The molecule has 6 atom stereocenters. The number of benzene rings is 1. The summed E-state index contributed by atoms with van der Waals surface area (Å²) in [5.74, 6) is -3.19. The fourth-order valence-corrected chi connectivity index (χ4v) is 5.71. The van der Waals surface area contributed by atoms with Crippen LogP contribution < -0.4 is 20.7 Å². The first-order valence-corrected chi connectivity index (χ1v) is 13.9. The van der Waals surface area contributed by atoms with Gasteiger partial charge in [-0.2, -0.15) is 28.2 Å². The summed E-state index contributed by atoms with van der Waals surface area (Å²) in [6.07, 6.45) is -9.53. The molecule has 5 N–H and O–H groups in total. The van der Waals surface area contributed by atoms with Crippen molar-refractivity contribution in [3.05, 3.63) is 36.7 Å². The standard InChI is InChI=1S/C23H29F3N7O7P/c1-4-37-21(35)12(2)32-41(36,40-13-8-6-5-7-9-13)38-10-14-17(34)15(23(24,25)26)20(39-14)33-11-29-16-18(28-3)30-22(27)31-19(16)33/h5-9,11-12,14-15,17,20,34H,4,10H2,1-3H3,(H,32,36)(H3,27,28,30,31)/t12-,14-,15+,17-,20-,41+/m1/s1. The Bertz CT molecular complexity index is 1410. The van der Waals surface area contributed by atoms with Crippen LogP contribution in [0, 0.1) is 5.92 Å². The third-order valence-corrected chi connectivity index (χ3v) is 7.71. The van der Waals surface area contributed by atoms with Crippen LogP contribution in [-0.4, -0.2) is 75.3 Å². The third-order valence-electron chi connectivity index (χ3n) is 6.07. The Morgan fingerprint density at radius 3 is 2.63 bits per heavy atom. The van der Waals surface area contributed by atoms with Gasteiger partial charge >= 0.3 is 19.9 Å². The molecular formula is C23H29F3N7O7P. The molecular weight excluding hydrogens is 574 g/mol. The number of alkyl halides is 3. The molecule has 2 aromatic heterocycles. The molecule has 1 aliphatic rings. The number of anilines is 2. The van der Waals surface area contributed by atoms with Crippen LogP contribution in [0.15, 0.2) is 36.7 Å². The number of rotatable bonds is 11. The van der Waals surface area contributed by atoms with E-state index >= 15 is 0 Å². The van der Waals surface area contributed by atoms with Crippen LogP contribution in [-0.2, 0) is 23.4 Å². The number of carbonyl (C=O) groups excluding carboxylic acids is 1. The third kappa shape index (κ3) is 6.70. The summed E-state index contributed by atoms with van der Waals surface area (Å²) < 4.78 is 78.8. The zero-order valence-corrected chi connectivity index (χ0v) is 23.0. The smallest absolute Gasteiger partial charge is 0.459 e. The second-order valence-corrected chi connectivity index (χ2v) is 10.6. The first-order valence-electron chi connectivity index (χ1n) is 12.4. The molecule has 3 heterocycles. The molecule has 1 aromatic carbocycles. The van der Waals surface area contributed by atoms with Crippen molar-refractivity contribution in [2.75, 3.05) is 31.3 Å². The Balaban J connectivity index is 1.61. The Labute approximate surface area is 231 Å². The Kier molecular flexibility index (Phi) is 9.03. The van der Waals surface area contributed by atoms with Crippen LogP contribution in [0.3, 0.4) is 0 Å². The molecule has 1 fully saturated rings. The van der Waals surface area contributed by atoms with Crippen LogP contribution in [0.25, 0.3) is 11.2 Å². The summed E-state index contributed by atoms with van der Waals surface area (Å²) in [5.41, 5.74) is 5.77. The van der Waals surface area contributed by atoms with Gasteiger partial charge in [0.15, 0.2) is 23.2 Å². The van der Waals surface area contributed by atoms with Gasteiger partial charge in [0.2, 0.25) is 5.95 Å². The van der Waals surface area contributed by atoms with Gasteiger partial charge in [0.05, 0.1) is 25.6 Å². The lowest BCUT2D eigenvalue weighted by molar-refractivity contribution is -0.210. The van der Waals surface area contributed by atoms with E-state index in [1.165, 1.54) is 26.1 Å². The van der Waals surface area contributed by atoms with Crippen molar-refractivity contribution in [1.29, 1.82) is 0 Å². The van der Waals surface area contributed by atoms with Crippen molar-refractivity contribution in [2.45, 2.75) is 44.5 Å². The van der Waals surface area contributed by atoms with Gasteiger partial charge in [-0.05, 0) is 26.0 Å². The SMILES string of the molecule is CCOC(=O)[C@@H](C)N[P@](=O)(OC[C@H]1O[C@@H](n2cnc3c(NC)nc(N)nc32)[C@@H](C(F)(F)F)[C@@H]1O)Oc1ccccc1. The number of hydrogen-bond donors (Lipinski definition) is 4. The summed E-state index contributed by atoms with van der Waals surface area (Å²) in [7, 11) is -2.92. The molecule has 18 heteroatoms. The number of carbonyl (C=O) groups is 1. The van der Waals surface area contributed by atoms with Gasteiger partial charge in [-0.1, -0.05) is 18.2 Å². The summed E-state index contributed by atoms with van der Waals surface area (Å²) >= 11 is 0. The van der Waals surface area contributed by atoms with Gasteiger partial charge in [0.1, 0.15) is 23.8 Å². The Morgan fingerprint density at radius 1 is 1.29 bits per heavy atom. The second-order valence-electron chi connectivity index (χ2n) is 8.93. The number of fused-ring (bicyclic) bond motifs is 1. The van der Waals surface area contributed by atoms with Gasteiger partial charge in [0.25, 0.3) is 0 Å². The molecule has 224 valence electrons. The molecule has 0 spiro atoms. The maximum absolute atomic E-state index is 14.2. The second kappa shape index (κ2) is 12.2. The molecule has 14 nitrogen and oxygen atoms in total. The average Bonchev–Trinajstić information content (AvgIpc) is 3.48. The number of nitrogen functional groups attached to an aromatic ring is 1. The molecule has 4 rings (SSSR count). The normalized spacial score (nSPS) is 23.2. The lowest BCUT2D eigenvalue weighted by Gasteiger charge is -2.25. The van der Waals surface area contributed by atoms with E-state index < -0.39 is 56.9 Å². The highest BCUT2D eigenvalue weighted by Gasteiger charge is 2.58. The number of aliphatic hydroxyl groups is 1. The van der Waals surface area contributed by atoms with E-state index in [0.717, 1.165) is 10.9 Å². The highest BCUT2D eigenvalue weighted by atomic mass is 31.2. The monoisotopic (exact) mass is 603 g/mol. The van der Waals surface area contributed by atoms with Crippen LogP contribution in [0.1, 0.15) is 20.1 Å². The first-order chi connectivity index (χ1) is 19.4. The fourth-order valence-electron chi connectivity index (χ4n) is 4.21. The number of aromatic nitrogens is 4. The maximum atomic E-state index is 14.2. The Hall–Kier alpha value is -3.50. The number of nitrogens with zero attached hydrogens (tertiary/aromatic N) is 4. The molecule has 0 aliphatic carbocycles. The van der Waals surface area contributed by atoms with Crippen LogP contribution in [0.4, 0.5) is 24.9 Å². The van der Waals surface area contributed by atoms with E-state index in [2.05, 4.69) is 25.4 Å². The predicted molar refractivity (Wildman–Crippen MR) is 139 cm³/mol. The van der Waals surface area contributed by atoms with Crippen molar-refractivity contribution >= 4 is 36.6 Å². The van der Waals surface area contributed by atoms with Gasteiger partial charge in [0, 0.05) is 7.05 Å². The first kappa shape index (κ1) is 30.5. The zero-order chi connectivity index (χ0) is 29.9. The summed E-state index contributed by atoms with van der Waals surface area (Å²) in [6.45, 7) is 2.16. The molecule has 0 bridgehead atoms.